The van der Waals surface area contributed by atoms with Crippen molar-refractivity contribution in [3.63, 3.8) is 0 Å². The molecule has 2 aromatic rings. The third-order valence-electron chi connectivity index (χ3n) is 3.02. The van der Waals surface area contributed by atoms with Gasteiger partial charge in [-0.25, -0.2) is 0 Å². The van der Waals surface area contributed by atoms with Gasteiger partial charge in [0.15, 0.2) is 0 Å². The molecule has 106 valence electrons. The van der Waals surface area contributed by atoms with Gasteiger partial charge in [0.05, 0.1) is 10.2 Å². The molecule has 0 aliphatic heterocycles. The summed E-state index contributed by atoms with van der Waals surface area (Å²) in [6.07, 6.45) is 2.81. The van der Waals surface area contributed by atoms with Crippen LogP contribution in [0.25, 0.3) is 0 Å². The lowest BCUT2D eigenvalue weighted by atomic mass is 10.1. The maximum atomic E-state index is 11.9. The molecule has 0 saturated carbocycles. The van der Waals surface area contributed by atoms with Gasteiger partial charge in [-0.2, -0.15) is 5.10 Å². The van der Waals surface area contributed by atoms with Crippen LogP contribution >= 0.6 is 15.9 Å². The van der Waals surface area contributed by atoms with Crippen LogP contribution in [0.5, 0.6) is 0 Å². The summed E-state index contributed by atoms with van der Waals surface area (Å²) in [5.41, 5.74) is 2.78. The van der Waals surface area contributed by atoms with Gasteiger partial charge in [0.2, 0.25) is 0 Å². The third kappa shape index (κ3) is 3.93. The van der Waals surface area contributed by atoms with Crippen LogP contribution in [0.4, 0.5) is 0 Å². The smallest absolute Gasteiger partial charge is 0.251 e. The Morgan fingerprint density at radius 1 is 1.40 bits per heavy atom. The number of hydrogen-bond acceptors (Lipinski definition) is 2. The molecule has 1 heterocycles. The van der Waals surface area contributed by atoms with Crippen LogP contribution in [0.1, 0.15) is 28.0 Å². The van der Waals surface area contributed by atoms with E-state index < -0.39 is 0 Å². The highest BCUT2D eigenvalue weighted by molar-refractivity contribution is 9.10. The Labute approximate surface area is 127 Å². The van der Waals surface area contributed by atoms with Crippen LogP contribution in [0.3, 0.4) is 0 Å². The van der Waals surface area contributed by atoms with Crippen LogP contribution in [-0.4, -0.2) is 22.2 Å². The number of aromatic nitrogens is 2. The van der Waals surface area contributed by atoms with Crippen molar-refractivity contribution in [3.05, 3.63) is 51.8 Å². The van der Waals surface area contributed by atoms with Crippen LogP contribution in [0.2, 0.25) is 0 Å². The lowest BCUT2D eigenvalue weighted by molar-refractivity contribution is 0.0952. The minimum Gasteiger partial charge on any atom is -0.352 e. The van der Waals surface area contributed by atoms with E-state index in [0.29, 0.717) is 12.1 Å². The number of carbonyl (C=O) groups is 1. The third-order valence-corrected chi connectivity index (χ3v) is 3.79. The summed E-state index contributed by atoms with van der Waals surface area (Å²) in [7, 11) is 0. The van der Waals surface area contributed by atoms with Gasteiger partial charge in [0.1, 0.15) is 0 Å². The molecular weight excluding hydrogens is 318 g/mol. The quantitative estimate of drug-likeness (QED) is 0.853. The number of halogens is 1. The minimum atomic E-state index is -0.0217. The van der Waals surface area contributed by atoms with Crippen molar-refractivity contribution in [1.29, 1.82) is 0 Å². The number of aryl methyl sites for hydroxylation is 3. The molecule has 0 saturated heterocycles. The minimum absolute atomic E-state index is 0.0217. The fraction of sp³-hybridized carbons (Fsp3) is 0.333. The summed E-state index contributed by atoms with van der Waals surface area (Å²) >= 11 is 3.43. The first-order valence-corrected chi connectivity index (χ1v) is 7.40. The van der Waals surface area contributed by atoms with E-state index in [1.807, 2.05) is 49.0 Å². The highest BCUT2D eigenvalue weighted by Gasteiger charge is 2.05. The van der Waals surface area contributed by atoms with Gasteiger partial charge in [-0.05, 0) is 48.3 Å². The number of nitrogens with zero attached hydrogens (tertiary/aromatic N) is 2. The van der Waals surface area contributed by atoms with E-state index in [2.05, 4.69) is 26.3 Å². The zero-order valence-electron chi connectivity index (χ0n) is 11.7. The summed E-state index contributed by atoms with van der Waals surface area (Å²) < 4.78 is 2.90. The lowest BCUT2D eigenvalue weighted by Crippen LogP contribution is -2.25. The Hall–Kier alpha value is -1.62. The molecule has 0 bridgehead atoms. The second-order valence-corrected chi connectivity index (χ2v) is 5.66. The molecule has 2 rings (SSSR count). The van der Waals surface area contributed by atoms with Gasteiger partial charge in [0.25, 0.3) is 5.91 Å². The number of rotatable bonds is 5. The highest BCUT2D eigenvalue weighted by Crippen LogP contribution is 2.13. The Balaban J connectivity index is 1.77. The van der Waals surface area contributed by atoms with Crippen molar-refractivity contribution in [1.82, 2.24) is 15.1 Å². The normalized spacial score (nSPS) is 10.6. The topological polar surface area (TPSA) is 46.9 Å². The lowest BCUT2D eigenvalue weighted by Gasteiger charge is -2.06. The largest absolute Gasteiger partial charge is 0.352 e. The van der Waals surface area contributed by atoms with Crippen molar-refractivity contribution in [2.45, 2.75) is 26.8 Å². The monoisotopic (exact) mass is 335 g/mol. The van der Waals surface area contributed by atoms with Crippen LogP contribution < -0.4 is 5.32 Å². The molecule has 0 spiro atoms. The average Bonchev–Trinajstić information content (AvgIpc) is 2.73. The molecule has 0 radical (unpaired) electrons. The van der Waals surface area contributed by atoms with Gasteiger partial charge in [-0.15, -0.1) is 0 Å². The predicted molar refractivity (Wildman–Crippen MR) is 82.8 cm³/mol. The molecular formula is C15H18BrN3O. The zero-order chi connectivity index (χ0) is 14.5. The molecule has 0 atom stereocenters. The Kier molecular flexibility index (Phi) is 4.95. The fourth-order valence-electron chi connectivity index (χ4n) is 1.94. The Morgan fingerprint density at radius 3 is 2.85 bits per heavy atom. The molecule has 20 heavy (non-hydrogen) atoms. The summed E-state index contributed by atoms with van der Waals surface area (Å²) in [5.74, 6) is -0.0217. The predicted octanol–water partition coefficient (Wildman–Crippen LogP) is 3.08. The molecule has 1 amide bonds. The van der Waals surface area contributed by atoms with Crippen LogP contribution in [0.15, 0.2) is 34.9 Å². The molecule has 0 unspecified atom stereocenters. The highest BCUT2D eigenvalue weighted by atomic mass is 79.9. The van der Waals surface area contributed by atoms with Gasteiger partial charge in [-0.3, -0.25) is 9.48 Å². The van der Waals surface area contributed by atoms with Gasteiger partial charge in [0, 0.05) is 24.8 Å². The first-order valence-electron chi connectivity index (χ1n) is 6.60. The van der Waals surface area contributed by atoms with Crippen molar-refractivity contribution in [2.24, 2.45) is 0 Å². The van der Waals surface area contributed by atoms with Crippen LogP contribution in [-0.2, 0) is 6.54 Å². The van der Waals surface area contributed by atoms with Gasteiger partial charge < -0.3 is 5.32 Å². The van der Waals surface area contributed by atoms with E-state index in [9.17, 15) is 4.79 Å². The molecule has 0 fully saturated rings. The SMILES string of the molecule is Cc1cccc(C(=O)NCCCn2cc(Br)c(C)n2)c1. The van der Waals surface area contributed by atoms with E-state index in [1.54, 1.807) is 0 Å². The molecule has 0 aliphatic carbocycles. The van der Waals surface area contributed by atoms with Crippen molar-refractivity contribution in [3.8, 4) is 0 Å². The second-order valence-electron chi connectivity index (χ2n) is 4.80. The number of benzene rings is 1. The van der Waals surface area contributed by atoms with Gasteiger partial charge >= 0.3 is 0 Å². The molecule has 5 heteroatoms. The second kappa shape index (κ2) is 6.70. The van der Waals surface area contributed by atoms with E-state index in [4.69, 9.17) is 0 Å². The Bertz CT molecular complexity index is 587. The summed E-state index contributed by atoms with van der Waals surface area (Å²) in [6.45, 7) is 5.37. The summed E-state index contributed by atoms with van der Waals surface area (Å²) in [4.78, 5) is 11.9. The molecule has 1 N–H and O–H groups in total. The molecule has 4 nitrogen and oxygen atoms in total. The van der Waals surface area contributed by atoms with E-state index in [-0.39, 0.29) is 5.91 Å². The number of nitrogens with one attached hydrogen (secondary N) is 1. The molecule has 1 aromatic heterocycles. The van der Waals surface area contributed by atoms with Gasteiger partial charge in [-0.1, -0.05) is 17.7 Å². The van der Waals surface area contributed by atoms with Crippen LogP contribution in [0, 0.1) is 13.8 Å². The maximum Gasteiger partial charge on any atom is 0.251 e. The average molecular weight is 336 g/mol. The van der Waals surface area contributed by atoms with E-state index >= 15 is 0 Å². The Morgan fingerprint density at radius 2 is 2.20 bits per heavy atom. The molecule has 1 aromatic carbocycles. The maximum absolute atomic E-state index is 11.9. The van der Waals surface area contributed by atoms with Crippen molar-refractivity contribution in [2.75, 3.05) is 6.54 Å². The number of amides is 1. The first-order chi connectivity index (χ1) is 9.56. The van der Waals surface area contributed by atoms with E-state index in [1.165, 1.54) is 0 Å². The van der Waals surface area contributed by atoms with Crippen molar-refractivity contribution >= 4 is 21.8 Å². The summed E-state index contributed by atoms with van der Waals surface area (Å²) in [6, 6.07) is 7.60. The summed E-state index contributed by atoms with van der Waals surface area (Å²) in [5, 5.41) is 7.28. The fourth-order valence-corrected chi connectivity index (χ4v) is 2.26. The zero-order valence-corrected chi connectivity index (χ0v) is 13.3. The standard InChI is InChI=1S/C15H18BrN3O/c1-11-5-3-6-13(9-11)15(20)17-7-4-8-19-10-14(16)12(2)18-19/h3,5-6,9-10H,4,7-8H2,1-2H3,(H,17,20). The number of hydrogen-bond donors (Lipinski definition) is 1. The first kappa shape index (κ1) is 14.8. The molecule has 0 aliphatic rings. The number of carbonyl (C=O) groups excluding carboxylic acids is 1. The van der Waals surface area contributed by atoms with E-state index in [0.717, 1.165) is 28.7 Å². The van der Waals surface area contributed by atoms with Crippen molar-refractivity contribution < 1.29 is 4.79 Å².